The zero-order valence-corrected chi connectivity index (χ0v) is 42.1. The number of esters is 2. The van der Waals surface area contributed by atoms with Gasteiger partial charge in [0.25, 0.3) is 0 Å². The van der Waals surface area contributed by atoms with Crippen LogP contribution < -0.4 is 0 Å². The second-order valence-electron chi connectivity index (χ2n) is 18.4. The molecule has 10 nitrogen and oxygen atoms in total. The SMILES string of the molecule is CCCCCCCCCCCCCCCCCCCCCCCC(=O)OC[C@H](COP(=O)(O)OCC[N+](C)(C)C)OC(=O)CCC/C=C\C/C=C\C/C=C\C/C=C\CC(O)CCC. The van der Waals surface area contributed by atoms with Crippen molar-refractivity contribution in [2.45, 2.75) is 225 Å². The summed E-state index contributed by atoms with van der Waals surface area (Å²) in [6.07, 6.45) is 49.5. The highest BCUT2D eigenvalue weighted by atomic mass is 31.2. The van der Waals surface area contributed by atoms with Gasteiger partial charge in [0.1, 0.15) is 19.8 Å². The van der Waals surface area contributed by atoms with Crippen molar-refractivity contribution >= 4 is 19.8 Å². The van der Waals surface area contributed by atoms with Gasteiger partial charge in [-0.05, 0) is 51.4 Å². The van der Waals surface area contributed by atoms with E-state index >= 15 is 0 Å². The smallest absolute Gasteiger partial charge is 0.462 e. The van der Waals surface area contributed by atoms with E-state index in [1.54, 1.807) is 0 Å². The minimum Gasteiger partial charge on any atom is -0.462 e. The van der Waals surface area contributed by atoms with Crippen molar-refractivity contribution in [3.8, 4) is 0 Å². The number of carbonyl (C=O) groups is 2. The molecule has 0 aliphatic rings. The van der Waals surface area contributed by atoms with Crippen LogP contribution in [0.15, 0.2) is 48.6 Å². The third kappa shape index (κ3) is 47.7. The van der Waals surface area contributed by atoms with E-state index in [4.69, 9.17) is 18.5 Å². The lowest BCUT2D eigenvalue weighted by Gasteiger charge is -2.24. The van der Waals surface area contributed by atoms with E-state index < -0.39 is 26.5 Å². The standard InChI is InChI=1S/C52H96NO9P/c1-6-8-9-10-11-12-13-14-15-16-17-18-19-20-21-24-27-30-33-36-39-43-51(55)59-47-50(48-61-63(57,58)60-46-45-53(3,4)5)62-52(56)44-40-37-34-31-28-25-22-23-26-29-32-35-38-42-49(54)41-7-2/h22,25-26,29,31,34-35,38,49-50,54H,6-21,23-24,27-28,30,32-33,36-37,39-48H2,1-5H3/p+1/b25-22-,29-26-,34-31-,38-35-/t49?,50-/m1/s1. The number of allylic oxidation sites excluding steroid dienone is 7. The molecule has 0 aromatic heterocycles. The molecule has 3 atom stereocenters. The summed E-state index contributed by atoms with van der Waals surface area (Å²) in [4.78, 5) is 35.5. The molecular weight excluding hydrogens is 814 g/mol. The number of likely N-dealkylation sites (N-methyl/N-ethyl adjacent to an activating group) is 1. The highest BCUT2D eigenvalue weighted by Crippen LogP contribution is 2.43. The quantitative estimate of drug-likeness (QED) is 0.0202. The van der Waals surface area contributed by atoms with Gasteiger partial charge in [-0.3, -0.25) is 18.6 Å². The molecule has 0 aromatic carbocycles. The fourth-order valence-corrected chi connectivity index (χ4v) is 7.71. The average molecular weight is 911 g/mol. The molecule has 0 radical (unpaired) electrons. The molecule has 0 saturated heterocycles. The minimum atomic E-state index is -4.40. The molecule has 2 unspecified atom stereocenters. The zero-order chi connectivity index (χ0) is 46.5. The van der Waals surface area contributed by atoms with Gasteiger partial charge in [0.15, 0.2) is 6.10 Å². The van der Waals surface area contributed by atoms with E-state index in [0.29, 0.717) is 30.3 Å². The molecule has 0 aliphatic heterocycles. The van der Waals surface area contributed by atoms with Gasteiger partial charge in [0.2, 0.25) is 0 Å². The summed E-state index contributed by atoms with van der Waals surface area (Å²) in [5.41, 5.74) is 0. The lowest BCUT2D eigenvalue weighted by molar-refractivity contribution is -0.870. The lowest BCUT2D eigenvalue weighted by Crippen LogP contribution is -2.37. The average Bonchev–Trinajstić information content (AvgIpc) is 3.23. The first kappa shape index (κ1) is 60.9. The van der Waals surface area contributed by atoms with Gasteiger partial charge in [0, 0.05) is 12.8 Å². The van der Waals surface area contributed by atoms with E-state index in [2.05, 4.69) is 50.3 Å². The first-order valence-electron chi connectivity index (χ1n) is 25.4. The number of hydrogen-bond donors (Lipinski definition) is 2. The van der Waals surface area contributed by atoms with Gasteiger partial charge in [-0.1, -0.05) is 197 Å². The molecule has 0 amide bonds. The van der Waals surface area contributed by atoms with Crippen LogP contribution in [-0.2, 0) is 32.7 Å². The van der Waals surface area contributed by atoms with Crippen molar-refractivity contribution < 1.29 is 47.2 Å². The lowest BCUT2D eigenvalue weighted by atomic mass is 10.0. The van der Waals surface area contributed by atoms with E-state index in [1.807, 2.05) is 33.3 Å². The van der Waals surface area contributed by atoms with Crippen molar-refractivity contribution in [2.24, 2.45) is 0 Å². The summed E-state index contributed by atoms with van der Waals surface area (Å²) >= 11 is 0. The van der Waals surface area contributed by atoms with E-state index in [-0.39, 0.29) is 38.1 Å². The Bertz CT molecular complexity index is 1230. The number of rotatable bonds is 46. The largest absolute Gasteiger partial charge is 0.472 e. The van der Waals surface area contributed by atoms with Crippen molar-refractivity contribution in [3.63, 3.8) is 0 Å². The number of unbranched alkanes of at least 4 members (excludes halogenated alkanes) is 21. The molecule has 11 heteroatoms. The Balaban J connectivity index is 4.32. The Labute approximate surface area is 386 Å². The fourth-order valence-electron chi connectivity index (χ4n) is 6.96. The highest BCUT2D eigenvalue weighted by Gasteiger charge is 2.27. The summed E-state index contributed by atoms with van der Waals surface area (Å²) in [5.74, 6) is -0.878. The van der Waals surface area contributed by atoms with Crippen LogP contribution in [0, 0.1) is 0 Å². The summed E-state index contributed by atoms with van der Waals surface area (Å²) in [5, 5.41) is 9.75. The van der Waals surface area contributed by atoms with Crippen LogP contribution in [0.5, 0.6) is 0 Å². The summed E-state index contributed by atoms with van der Waals surface area (Å²) < 4.78 is 34.3. The van der Waals surface area contributed by atoms with Crippen molar-refractivity contribution in [2.75, 3.05) is 47.5 Å². The monoisotopic (exact) mass is 911 g/mol. The Morgan fingerprint density at radius 2 is 1.00 bits per heavy atom. The van der Waals surface area contributed by atoms with Gasteiger partial charge >= 0.3 is 19.8 Å². The van der Waals surface area contributed by atoms with Crippen molar-refractivity contribution in [3.05, 3.63) is 48.6 Å². The third-order valence-electron chi connectivity index (χ3n) is 10.9. The van der Waals surface area contributed by atoms with E-state index in [1.165, 1.54) is 116 Å². The molecule has 0 bridgehead atoms. The van der Waals surface area contributed by atoms with Gasteiger partial charge in [-0.15, -0.1) is 0 Å². The Morgan fingerprint density at radius 3 is 1.48 bits per heavy atom. The van der Waals surface area contributed by atoms with E-state index in [9.17, 15) is 24.2 Å². The Hall–Kier alpha value is -2.07. The molecule has 368 valence electrons. The van der Waals surface area contributed by atoms with Crippen LogP contribution >= 0.6 is 7.82 Å². The Kier molecular flexibility index (Phi) is 42.4. The summed E-state index contributed by atoms with van der Waals surface area (Å²) in [6.45, 7) is 4.17. The van der Waals surface area contributed by atoms with Gasteiger partial charge in [-0.25, -0.2) is 4.57 Å². The third-order valence-corrected chi connectivity index (χ3v) is 11.9. The molecule has 0 aromatic rings. The number of quaternary nitrogens is 1. The van der Waals surface area contributed by atoms with Crippen LogP contribution in [-0.4, -0.2) is 86.1 Å². The number of carbonyl (C=O) groups excluding carboxylic acids is 2. The number of phosphoric ester groups is 1. The molecule has 0 saturated carbocycles. The molecule has 2 N–H and O–H groups in total. The number of hydrogen-bond acceptors (Lipinski definition) is 8. The summed E-state index contributed by atoms with van der Waals surface area (Å²) in [7, 11) is 1.42. The molecule has 0 spiro atoms. The van der Waals surface area contributed by atoms with Gasteiger partial charge < -0.3 is 24.0 Å². The maximum absolute atomic E-state index is 12.7. The maximum atomic E-state index is 12.7. The first-order valence-corrected chi connectivity index (χ1v) is 26.9. The minimum absolute atomic E-state index is 0.0146. The number of aliphatic hydroxyl groups excluding tert-OH is 1. The predicted octanol–water partition coefficient (Wildman–Crippen LogP) is 14.0. The zero-order valence-electron chi connectivity index (χ0n) is 41.2. The summed E-state index contributed by atoms with van der Waals surface area (Å²) in [6, 6.07) is 0. The van der Waals surface area contributed by atoms with Gasteiger partial charge in [-0.2, -0.15) is 0 Å². The van der Waals surface area contributed by atoms with Crippen LogP contribution in [0.25, 0.3) is 0 Å². The molecule has 0 rings (SSSR count). The number of nitrogens with zero attached hydrogens (tertiary/aromatic N) is 1. The second-order valence-corrected chi connectivity index (χ2v) is 19.8. The van der Waals surface area contributed by atoms with Crippen molar-refractivity contribution in [1.82, 2.24) is 0 Å². The highest BCUT2D eigenvalue weighted by molar-refractivity contribution is 7.47. The maximum Gasteiger partial charge on any atom is 0.472 e. The molecular formula is C52H97NO9P+. The molecule has 0 heterocycles. The number of aliphatic hydroxyl groups is 1. The van der Waals surface area contributed by atoms with Crippen LogP contribution in [0.3, 0.4) is 0 Å². The van der Waals surface area contributed by atoms with E-state index in [0.717, 1.165) is 51.4 Å². The molecule has 63 heavy (non-hydrogen) atoms. The molecule has 0 aliphatic carbocycles. The van der Waals surface area contributed by atoms with Crippen LogP contribution in [0.1, 0.15) is 213 Å². The second kappa shape index (κ2) is 43.8. The fraction of sp³-hybridized carbons (Fsp3) is 0.808. The predicted molar refractivity (Wildman–Crippen MR) is 263 cm³/mol. The van der Waals surface area contributed by atoms with Gasteiger partial charge in [0.05, 0.1) is 33.9 Å². The molecule has 0 fully saturated rings. The van der Waals surface area contributed by atoms with Crippen LogP contribution in [0.4, 0.5) is 0 Å². The number of phosphoric acid groups is 1. The topological polar surface area (TPSA) is 129 Å². The van der Waals surface area contributed by atoms with Crippen LogP contribution in [0.2, 0.25) is 0 Å². The Morgan fingerprint density at radius 1 is 0.556 bits per heavy atom. The first-order chi connectivity index (χ1) is 30.4. The number of ether oxygens (including phenoxy) is 2. The van der Waals surface area contributed by atoms with Crippen molar-refractivity contribution in [1.29, 1.82) is 0 Å². The normalized spacial score (nSPS) is 14.3.